The molecule has 5 rings (SSSR count). The topological polar surface area (TPSA) is 105 Å². The van der Waals surface area contributed by atoms with Crippen molar-refractivity contribution in [2.24, 2.45) is 0 Å². The number of halogens is 1. The number of hydrogen-bond acceptors (Lipinski definition) is 7. The third-order valence-corrected chi connectivity index (χ3v) is 6.24. The number of nitrogens with one attached hydrogen (secondary N) is 3. The van der Waals surface area contributed by atoms with Gasteiger partial charge in [0.05, 0.1) is 26.8 Å². The highest BCUT2D eigenvalue weighted by Crippen LogP contribution is 2.39. The Morgan fingerprint density at radius 1 is 1.15 bits per heavy atom. The summed E-state index contributed by atoms with van der Waals surface area (Å²) in [5.74, 6) is -0.123. The lowest BCUT2D eigenvalue weighted by atomic mass is 10.2. The molecule has 1 aromatic carbocycles. The Hall–Kier alpha value is -3.89. The molecule has 0 saturated carbocycles. The predicted octanol–water partition coefficient (Wildman–Crippen LogP) is 4.20. The molecule has 0 aliphatic carbocycles. The number of anilines is 1. The molecule has 0 unspecified atom stereocenters. The largest absolute Gasteiger partial charge is 0.453 e. The van der Waals surface area contributed by atoms with Crippen LogP contribution in [0.5, 0.6) is 11.5 Å². The number of fused-ring (bicyclic) bond motifs is 1. The second kappa shape index (κ2) is 8.93. The summed E-state index contributed by atoms with van der Waals surface area (Å²) in [6, 6.07) is 10.9. The highest BCUT2D eigenvalue weighted by Gasteiger charge is 2.19. The number of nitrogens with zero attached hydrogens (tertiary/aromatic N) is 2. The van der Waals surface area contributed by atoms with Gasteiger partial charge in [-0.25, -0.2) is 9.18 Å². The van der Waals surface area contributed by atoms with Crippen molar-refractivity contribution in [1.29, 1.82) is 0 Å². The van der Waals surface area contributed by atoms with Crippen LogP contribution in [0.25, 0.3) is 20.8 Å². The zero-order chi connectivity index (χ0) is 22.8. The van der Waals surface area contributed by atoms with E-state index >= 15 is 0 Å². The van der Waals surface area contributed by atoms with Gasteiger partial charge in [0.1, 0.15) is 5.75 Å². The average molecular weight is 463 g/mol. The van der Waals surface area contributed by atoms with Crippen LogP contribution in [-0.2, 0) is 0 Å². The molecule has 2 amide bonds. The standard InChI is InChI=1S/C23H18FN5O3S/c24-16-7-14(28-23(31)29-15-10-25-11-15)2-4-19(16)32-20-5-6-26-18-8-21(33-22(18)20)17-3-1-13(12-30)9-27-17/h1-9,12,15,25H,10-11H2,(H2,28,29,31). The smallest absolute Gasteiger partial charge is 0.319 e. The normalized spacial score (nSPS) is 13.4. The summed E-state index contributed by atoms with van der Waals surface area (Å²) in [5, 5.41) is 8.47. The minimum Gasteiger partial charge on any atom is -0.453 e. The Morgan fingerprint density at radius 2 is 2.03 bits per heavy atom. The second-order valence-electron chi connectivity index (χ2n) is 7.43. The maximum Gasteiger partial charge on any atom is 0.319 e. The highest BCUT2D eigenvalue weighted by atomic mass is 32.1. The number of thiophene rings is 1. The van der Waals surface area contributed by atoms with Crippen molar-refractivity contribution < 1.29 is 18.7 Å². The maximum atomic E-state index is 14.7. The lowest BCUT2D eigenvalue weighted by Crippen LogP contribution is -2.57. The Morgan fingerprint density at radius 3 is 2.73 bits per heavy atom. The van der Waals surface area contributed by atoms with E-state index in [4.69, 9.17) is 4.74 Å². The Labute approximate surface area is 191 Å². The molecule has 0 spiro atoms. The van der Waals surface area contributed by atoms with E-state index in [1.165, 1.54) is 29.7 Å². The molecule has 33 heavy (non-hydrogen) atoms. The van der Waals surface area contributed by atoms with E-state index in [1.807, 2.05) is 6.07 Å². The molecule has 0 atom stereocenters. The number of hydrogen-bond donors (Lipinski definition) is 3. The average Bonchev–Trinajstić information content (AvgIpc) is 3.23. The van der Waals surface area contributed by atoms with Crippen molar-refractivity contribution in [3.8, 4) is 22.1 Å². The first-order valence-corrected chi connectivity index (χ1v) is 11.0. The number of ether oxygens (including phenoxy) is 1. The molecule has 166 valence electrons. The van der Waals surface area contributed by atoms with E-state index in [1.54, 1.807) is 30.5 Å². The number of pyridine rings is 2. The van der Waals surface area contributed by atoms with Gasteiger partial charge in [0.15, 0.2) is 17.9 Å². The number of aldehydes is 1. The van der Waals surface area contributed by atoms with Crippen LogP contribution >= 0.6 is 11.3 Å². The van der Waals surface area contributed by atoms with Gasteiger partial charge in [0, 0.05) is 48.9 Å². The van der Waals surface area contributed by atoms with Crippen LogP contribution in [0.4, 0.5) is 14.9 Å². The van der Waals surface area contributed by atoms with Gasteiger partial charge in [-0.3, -0.25) is 14.8 Å². The minimum atomic E-state index is -0.606. The summed E-state index contributed by atoms with van der Waals surface area (Å²) in [4.78, 5) is 32.3. The molecule has 4 heterocycles. The fourth-order valence-electron chi connectivity index (χ4n) is 3.27. The zero-order valence-electron chi connectivity index (χ0n) is 17.2. The summed E-state index contributed by atoms with van der Waals surface area (Å²) >= 11 is 1.41. The van der Waals surface area contributed by atoms with E-state index in [0.29, 0.717) is 28.2 Å². The van der Waals surface area contributed by atoms with E-state index in [2.05, 4.69) is 25.9 Å². The molecule has 3 N–H and O–H groups in total. The first kappa shape index (κ1) is 21.0. The van der Waals surface area contributed by atoms with Gasteiger partial charge < -0.3 is 20.7 Å². The molecular formula is C23H18FN5O3S. The summed E-state index contributed by atoms with van der Waals surface area (Å²) in [6.07, 6.45) is 3.83. The van der Waals surface area contributed by atoms with Crippen LogP contribution in [0.15, 0.2) is 54.9 Å². The molecule has 4 aromatic rings. The van der Waals surface area contributed by atoms with Crippen molar-refractivity contribution in [2.45, 2.75) is 6.04 Å². The minimum absolute atomic E-state index is 0.0278. The number of amides is 2. The van der Waals surface area contributed by atoms with Gasteiger partial charge in [-0.1, -0.05) is 0 Å². The molecule has 3 aromatic heterocycles. The predicted molar refractivity (Wildman–Crippen MR) is 124 cm³/mol. The Kier molecular flexibility index (Phi) is 5.68. The number of carbonyl (C=O) groups is 2. The van der Waals surface area contributed by atoms with Gasteiger partial charge in [-0.15, -0.1) is 11.3 Å². The molecule has 8 nitrogen and oxygen atoms in total. The fraction of sp³-hybridized carbons (Fsp3) is 0.130. The van der Waals surface area contributed by atoms with Crippen LogP contribution in [0, 0.1) is 5.82 Å². The van der Waals surface area contributed by atoms with Gasteiger partial charge in [0.25, 0.3) is 0 Å². The first-order chi connectivity index (χ1) is 16.1. The molecule has 0 bridgehead atoms. The van der Waals surface area contributed by atoms with E-state index < -0.39 is 5.82 Å². The van der Waals surface area contributed by atoms with Gasteiger partial charge in [-0.05, 0) is 30.3 Å². The van der Waals surface area contributed by atoms with E-state index in [-0.39, 0.29) is 17.8 Å². The van der Waals surface area contributed by atoms with Crippen LogP contribution in [0.1, 0.15) is 10.4 Å². The van der Waals surface area contributed by atoms with Crippen molar-refractivity contribution in [1.82, 2.24) is 20.6 Å². The summed E-state index contributed by atoms with van der Waals surface area (Å²) in [7, 11) is 0. The lowest BCUT2D eigenvalue weighted by Gasteiger charge is -2.27. The summed E-state index contributed by atoms with van der Waals surface area (Å²) in [6.45, 7) is 1.44. The van der Waals surface area contributed by atoms with Crippen molar-refractivity contribution in [2.75, 3.05) is 18.4 Å². The van der Waals surface area contributed by atoms with Gasteiger partial charge in [-0.2, -0.15) is 0 Å². The summed E-state index contributed by atoms with van der Waals surface area (Å²) in [5.41, 5.74) is 2.21. The zero-order valence-corrected chi connectivity index (χ0v) is 18.0. The molecule has 1 fully saturated rings. The second-order valence-corrected chi connectivity index (χ2v) is 8.48. The van der Waals surface area contributed by atoms with E-state index in [9.17, 15) is 14.0 Å². The SMILES string of the molecule is O=Cc1ccc(-c2cc3nccc(Oc4ccc(NC(=O)NC5CNC5)cc4F)c3s2)nc1. The molecule has 10 heteroatoms. The summed E-state index contributed by atoms with van der Waals surface area (Å²) < 4.78 is 21.3. The number of rotatable bonds is 6. The first-order valence-electron chi connectivity index (χ1n) is 10.1. The number of aromatic nitrogens is 2. The fourth-order valence-corrected chi connectivity index (χ4v) is 4.31. The van der Waals surface area contributed by atoms with Crippen molar-refractivity contribution in [3.63, 3.8) is 0 Å². The van der Waals surface area contributed by atoms with E-state index in [0.717, 1.165) is 29.0 Å². The quantitative estimate of drug-likeness (QED) is 0.370. The molecule has 1 aliphatic rings. The molecule has 1 aliphatic heterocycles. The van der Waals surface area contributed by atoms with Crippen molar-refractivity contribution in [3.05, 3.63) is 66.2 Å². The maximum absolute atomic E-state index is 14.7. The van der Waals surface area contributed by atoms with Crippen molar-refractivity contribution >= 4 is 39.6 Å². The highest BCUT2D eigenvalue weighted by molar-refractivity contribution is 7.22. The van der Waals surface area contributed by atoms with Crippen LogP contribution in [0.3, 0.4) is 0 Å². The van der Waals surface area contributed by atoms with Gasteiger partial charge in [0.2, 0.25) is 0 Å². The molecule has 0 radical (unpaired) electrons. The lowest BCUT2D eigenvalue weighted by molar-refractivity contribution is 0.112. The third-order valence-electron chi connectivity index (χ3n) is 5.08. The third kappa shape index (κ3) is 4.52. The molecular weight excluding hydrogens is 445 g/mol. The van der Waals surface area contributed by atoms with Gasteiger partial charge >= 0.3 is 6.03 Å². The Balaban J connectivity index is 1.35. The van der Waals surface area contributed by atoms with Crippen LogP contribution < -0.4 is 20.7 Å². The number of carbonyl (C=O) groups excluding carboxylic acids is 2. The number of benzene rings is 1. The van der Waals surface area contributed by atoms with Crippen LogP contribution in [-0.4, -0.2) is 41.4 Å². The number of urea groups is 1. The Bertz CT molecular complexity index is 1340. The van der Waals surface area contributed by atoms with Crippen LogP contribution in [0.2, 0.25) is 0 Å². The molecule has 1 saturated heterocycles. The monoisotopic (exact) mass is 463 g/mol.